The van der Waals surface area contributed by atoms with Crippen LogP contribution in [0.4, 0.5) is 11.4 Å². The first kappa shape index (κ1) is 21.6. The van der Waals surface area contributed by atoms with Gasteiger partial charge in [-0.05, 0) is 36.8 Å². The van der Waals surface area contributed by atoms with E-state index in [9.17, 15) is 9.59 Å². The van der Waals surface area contributed by atoms with Gasteiger partial charge in [-0.3, -0.25) is 9.59 Å². The molecule has 0 atom stereocenters. The third-order valence-electron chi connectivity index (χ3n) is 3.57. The maximum absolute atomic E-state index is 12.2. The molecule has 6 nitrogen and oxygen atoms in total. The molecular weight excluding hydrogens is 354 g/mol. The molecule has 0 aliphatic heterocycles. The molecule has 7 heteroatoms. The molecule has 0 aromatic heterocycles. The van der Waals surface area contributed by atoms with Crippen molar-refractivity contribution in [1.29, 1.82) is 0 Å². The molecule has 0 fully saturated rings. The molecule has 0 saturated carbocycles. The van der Waals surface area contributed by atoms with E-state index in [0.29, 0.717) is 30.1 Å². The van der Waals surface area contributed by atoms with Crippen LogP contribution in [0.1, 0.15) is 15.9 Å². The first-order valence-electron chi connectivity index (χ1n) is 8.06. The van der Waals surface area contributed by atoms with Crippen molar-refractivity contribution >= 4 is 35.6 Å². The molecule has 26 heavy (non-hydrogen) atoms. The summed E-state index contributed by atoms with van der Waals surface area (Å²) in [7, 11) is 1.61. The molecule has 140 valence electrons. The predicted molar refractivity (Wildman–Crippen MR) is 106 cm³/mol. The van der Waals surface area contributed by atoms with Crippen LogP contribution in [0, 0.1) is 6.92 Å². The van der Waals surface area contributed by atoms with Crippen molar-refractivity contribution in [3.05, 3.63) is 59.7 Å². The minimum Gasteiger partial charge on any atom is -0.383 e. The molecular formula is C19H24ClN3O3. The summed E-state index contributed by atoms with van der Waals surface area (Å²) in [4.78, 5) is 24.2. The number of halogens is 1. The van der Waals surface area contributed by atoms with E-state index in [-0.39, 0.29) is 30.8 Å². The number of hydrogen-bond acceptors (Lipinski definition) is 4. The molecule has 2 amide bonds. The molecule has 0 unspecified atom stereocenters. The van der Waals surface area contributed by atoms with Crippen LogP contribution in [0.2, 0.25) is 0 Å². The highest BCUT2D eigenvalue weighted by atomic mass is 35.5. The smallest absolute Gasteiger partial charge is 0.255 e. The highest BCUT2D eigenvalue weighted by Crippen LogP contribution is 2.20. The number of ether oxygens (including phenoxy) is 1. The van der Waals surface area contributed by atoms with Gasteiger partial charge in [0, 0.05) is 30.6 Å². The number of benzene rings is 2. The van der Waals surface area contributed by atoms with E-state index in [2.05, 4.69) is 16.0 Å². The summed E-state index contributed by atoms with van der Waals surface area (Å²) in [6, 6.07) is 14.4. The number of hydrogen-bond donors (Lipinski definition) is 3. The first-order chi connectivity index (χ1) is 12.1. The van der Waals surface area contributed by atoms with Gasteiger partial charge < -0.3 is 20.7 Å². The third-order valence-corrected chi connectivity index (χ3v) is 3.57. The maximum Gasteiger partial charge on any atom is 0.255 e. The second kappa shape index (κ2) is 11.3. The van der Waals surface area contributed by atoms with Gasteiger partial charge in [-0.15, -0.1) is 12.4 Å². The van der Waals surface area contributed by atoms with Gasteiger partial charge in [0.1, 0.15) is 0 Å². The van der Waals surface area contributed by atoms with Crippen molar-refractivity contribution < 1.29 is 14.3 Å². The van der Waals surface area contributed by atoms with Gasteiger partial charge in [0.25, 0.3) is 5.91 Å². The Hall–Kier alpha value is -2.41. The second-order valence-corrected chi connectivity index (χ2v) is 5.57. The summed E-state index contributed by atoms with van der Waals surface area (Å²) in [6.07, 6.45) is 0. The Kier molecular flexibility index (Phi) is 9.36. The van der Waals surface area contributed by atoms with Crippen molar-refractivity contribution in [1.82, 2.24) is 5.32 Å². The molecule has 2 aromatic carbocycles. The fraction of sp³-hybridized carbons (Fsp3) is 0.263. The Labute approximate surface area is 159 Å². The normalized spacial score (nSPS) is 9.92. The van der Waals surface area contributed by atoms with Gasteiger partial charge in [-0.25, -0.2) is 0 Å². The van der Waals surface area contributed by atoms with Crippen molar-refractivity contribution in [2.24, 2.45) is 0 Å². The zero-order valence-electron chi connectivity index (χ0n) is 14.9. The van der Waals surface area contributed by atoms with Crippen LogP contribution in [0.3, 0.4) is 0 Å². The molecule has 0 heterocycles. The van der Waals surface area contributed by atoms with Gasteiger partial charge in [-0.1, -0.05) is 24.3 Å². The highest BCUT2D eigenvalue weighted by molar-refractivity contribution is 6.04. The van der Waals surface area contributed by atoms with Crippen LogP contribution in [0.5, 0.6) is 0 Å². The number of anilines is 2. The van der Waals surface area contributed by atoms with Gasteiger partial charge in [0.05, 0.1) is 13.2 Å². The number of methoxy groups -OCH3 is 1. The minimum atomic E-state index is -0.192. The van der Waals surface area contributed by atoms with Crippen LogP contribution >= 0.6 is 12.4 Å². The molecule has 0 aliphatic carbocycles. The summed E-state index contributed by atoms with van der Waals surface area (Å²) < 4.78 is 4.92. The third kappa shape index (κ3) is 6.84. The van der Waals surface area contributed by atoms with Crippen LogP contribution in [0.25, 0.3) is 0 Å². The lowest BCUT2D eigenvalue weighted by Crippen LogP contribution is -2.30. The topological polar surface area (TPSA) is 79.5 Å². The Morgan fingerprint density at radius 1 is 1.04 bits per heavy atom. The van der Waals surface area contributed by atoms with E-state index in [1.54, 1.807) is 25.3 Å². The van der Waals surface area contributed by atoms with Crippen LogP contribution in [0.15, 0.2) is 48.5 Å². The zero-order valence-corrected chi connectivity index (χ0v) is 15.7. The lowest BCUT2D eigenvalue weighted by molar-refractivity contribution is -0.115. The summed E-state index contributed by atoms with van der Waals surface area (Å²) in [5.74, 6) is -0.339. The van der Waals surface area contributed by atoms with E-state index in [4.69, 9.17) is 4.74 Å². The SMILES string of the molecule is COCCNCC(=O)Nc1cc(NC(=O)c2ccccc2)ccc1C.Cl. The fourth-order valence-electron chi connectivity index (χ4n) is 2.20. The second-order valence-electron chi connectivity index (χ2n) is 5.57. The van der Waals surface area contributed by atoms with E-state index < -0.39 is 0 Å². The molecule has 2 rings (SSSR count). The zero-order chi connectivity index (χ0) is 18.1. The van der Waals surface area contributed by atoms with Crippen molar-refractivity contribution in [3.63, 3.8) is 0 Å². The molecule has 0 aliphatic rings. The molecule has 2 aromatic rings. The van der Waals surface area contributed by atoms with E-state index in [0.717, 1.165) is 5.56 Å². The fourth-order valence-corrected chi connectivity index (χ4v) is 2.20. The number of rotatable bonds is 8. The maximum atomic E-state index is 12.2. The number of nitrogens with one attached hydrogen (secondary N) is 3. The van der Waals surface area contributed by atoms with Crippen molar-refractivity contribution in [2.75, 3.05) is 37.4 Å². The van der Waals surface area contributed by atoms with Gasteiger partial charge in [0.2, 0.25) is 5.91 Å². The summed E-state index contributed by atoms with van der Waals surface area (Å²) in [5, 5.41) is 8.67. The Morgan fingerprint density at radius 3 is 2.46 bits per heavy atom. The number of amides is 2. The molecule has 0 radical (unpaired) electrons. The number of carbonyl (C=O) groups is 2. The van der Waals surface area contributed by atoms with Crippen LogP contribution in [-0.4, -0.2) is 38.6 Å². The Morgan fingerprint density at radius 2 is 1.77 bits per heavy atom. The van der Waals surface area contributed by atoms with E-state index in [1.165, 1.54) is 0 Å². The van der Waals surface area contributed by atoms with E-state index in [1.807, 2.05) is 37.3 Å². The van der Waals surface area contributed by atoms with Crippen LogP contribution < -0.4 is 16.0 Å². The standard InChI is InChI=1S/C19H23N3O3.ClH/c1-14-8-9-16(21-19(24)15-6-4-3-5-7-15)12-17(14)22-18(23)13-20-10-11-25-2;/h3-9,12,20H,10-11,13H2,1-2H3,(H,21,24)(H,22,23);1H. The predicted octanol–water partition coefficient (Wildman–Crippen LogP) is 2.84. The lowest BCUT2D eigenvalue weighted by atomic mass is 10.1. The highest BCUT2D eigenvalue weighted by Gasteiger charge is 2.09. The lowest BCUT2D eigenvalue weighted by Gasteiger charge is -2.12. The summed E-state index contributed by atoms with van der Waals surface area (Å²) in [6.45, 7) is 3.25. The molecule has 0 bridgehead atoms. The van der Waals surface area contributed by atoms with Gasteiger partial charge >= 0.3 is 0 Å². The monoisotopic (exact) mass is 377 g/mol. The van der Waals surface area contributed by atoms with Gasteiger partial charge in [0.15, 0.2) is 0 Å². The van der Waals surface area contributed by atoms with Gasteiger partial charge in [-0.2, -0.15) is 0 Å². The summed E-state index contributed by atoms with van der Waals surface area (Å²) >= 11 is 0. The number of aryl methyl sites for hydroxylation is 1. The van der Waals surface area contributed by atoms with E-state index >= 15 is 0 Å². The van der Waals surface area contributed by atoms with Crippen molar-refractivity contribution in [2.45, 2.75) is 6.92 Å². The minimum absolute atomic E-state index is 0. The molecule has 0 saturated heterocycles. The molecule has 0 spiro atoms. The average Bonchev–Trinajstić information content (AvgIpc) is 2.62. The largest absolute Gasteiger partial charge is 0.383 e. The summed E-state index contributed by atoms with van der Waals surface area (Å²) in [5.41, 5.74) is 2.80. The Balaban J connectivity index is 0.00000338. The number of carbonyl (C=O) groups excluding carboxylic acids is 2. The van der Waals surface area contributed by atoms with Crippen LogP contribution in [-0.2, 0) is 9.53 Å². The first-order valence-corrected chi connectivity index (χ1v) is 8.06. The Bertz CT molecular complexity index is 723. The average molecular weight is 378 g/mol. The quantitative estimate of drug-likeness (QED) is 0.618. The molecule has 3 N–H and O–H groups in total. The van der Waals surface area contributed by atoms with Crippen molar-refractivity contribution in [3.8, 4) is 0 Å².